The van der Waals surface area contributed by atoms with Gasteiger partial charge in [-0.05, 0) is 30.2 Å². The van der Waals surface area contributed by atoms with Gasteiger partial charge < -0.3 is 14.4 Å². The van der Waals surface area contributed by atoms with Gasteiger partial charge in [0.25, 0.3) is 0 Å². The van der Waals surface area contributed by atoms with E-state index in [1.807, 2.05) is 78.9 Å². The average Bonchev–Trinajstić information content (AvgIpc) is 3.12. The molecule has 0 aliphatic rings. The Bertz CT molecular complexity index is 1020. The van der Waals surface area contributed by atoms with Crippen molar-refractivity contribution in [2.24, 2.45) is 0 Å². The van der Waals surface area contributed by atoms with E-state index in [2.05, 4.69) is 11.5 Å². The van der Waals surface area contributed by atoms with E-state index in [1.54, 1.807) is 7.11 Å². The Balaban J connectivity index is 2.04. The summed E-state index contributed by atoms with van der Waals surface area (Å²) < 4.78 is 7.44. The first-order valence-electron chi connectivity index (χ1n) is 9.06. The summed E-state index contributed by atoms with van der Waals surface area (Å²) in [5.41, 5.74) is 1.99. The Kier molecular flexibility index (Phi) is 4.42. The predicted octanol–water partition coefficient (Wildman–Crippen LogP) is 4.35. The molecule has 136 valence electrons. The molecule has 1 N–H and O–H groups in total. The maximum absolute atomic E-state index is 12.1. The second kappa shape index (κ2) is 6.89. The Morgan fingerprint density at radius 2 is 1.52 bits per heavy atom. The molecule has 0 fully saturated rings. The largest absolute Gasteiger partial charge is 0.497 e. The topological polar surface area (TPSA) is 47.3 Å². The highest BCUT2D eigenvalue weighted by Gasteiger charge is 2.38. The molecule has 4 nitrogen and oxygen atoms in total. The lowest BCUT2D eigenvalue weighted by atomic mass is 9.85. The molecule has 1 aromatic heterocycles. The molecule has 4 aromatic rings. The third-order valence-electron chi connectivity index (χ3n) is 4.98. The smallest absolute Gasteiger partial charge is 0.173 e. The van der Waals surface area contributed by atoms with Crippen LogP contribution >= 0.6 is 0 Å². The van der Waals surface area contributed by atoms with Gasteiger partial charge in [-0.1, -0.05) is 60.7 Å². The first kappa shape index (κ1) is 17.3. The van der Waals surface area contributed by atoms with Crippen LogP contribution in [0.4, 0.5) is 0 Å². The molecule has 0 spiro atoms. The van der Waals surface area contributed by atoms with Crippen molar-refractivity contribution in [3.05, 3.63) is 95.8 Å². The van der Waals surface area contributed by atoms with E-state index in [9.17, 15) is 5.11 Å². The van der Waals surface area contributed by atoms with E-state index in [-0.39, 0.29) is 0 Å². The summed E-state index contributed by atoms with van der Waals surface area (Å²) >= 11 is 0. The van der Waals surface area contributed by atoms with Crippen LogP contribution in [0.15, 0.2) is 78.9 Å². The molecular formula is C23H22N2O2. The van der Waals surface area contributed by atoms with E-state index < -0.39 is 5.60 Å². The molecule has 3 aromatic carbocycles. The van der Waals surface area contributed by atoms with Crippen molar-refractivity contribution in [1.29, 1.82) is 0 Å². The summed E-state index contributed by atoms with van der Waals surface area (Å²) in [7, 11) is 1.65. The van der Waals surface area contributed by atoms with Gasteiger partial charge in [0.05, 0.1) is 18.1 Å². The number of nitrogens with zero attached hydrogens (tertiary/aromatic N) is 2. The Morgan fingerprint density at radius 3 is 2.04 bits per heavy atom. The van der Waals surface area contributed by atoms with E-state index in [4.69, 9.17) is 9.72 Å². The van der Waals surface area contributed by atoms with E-state index in [0.717, 1.165) is 27.9 Å². The van der Waals surface area contributed by atoms with E-state index in [1.165, 1.54) is 0 Å². The third-order valence-corrected chi connectivity index (χ3v) is 4.98. The molecule has 0 bridgehead atoms. The van der Waals surface area contributed by atoms with Gasteiger partial charge in [-0.25, -0.2) is 4.98 Å². The summed E-state index contributed by atoms with van der Waals surface area (Å²) in [5.74, 6) is 1.37. The van der Waals surface area contributed by atoms with Gasteiger partial charge in [0.1, 0.15) is 5.75 Å². The van der Waals surface area contributed by atoms with Gasteiger partial charge in [0.15, 0.2) is 11.4 Å². The number of hydrogen-bond acceptors (Lipinski definition) is 3. The van der Waals surface area contributed by atoms with Gasteiger partial charge in [0, 0.05) is 12.6 Å². The summed E-state index contributed by atoms with van der Waals surface area (Å²) in [6.07, 6.45) is 0. The van der Waals surface area contributed by atoms with Crippen molar-refractivity contribution in [2.45, 2.75) is 19.1 Å². The number of aryl methyl sites for hydroxylation is 1. The number of fused-ring (bicyclic) bond motifs is 1. The lowest BCUT2D eigenvalue weighted by Gasteiger charge is -2.29. The van der Waals surface area contributed by atoms with Crippen LogP contribution in [0.3, 0.4) is 0 Å². The fraction of sp³-hybridized carbons (Fsp3) is 0.174. The molecule has 4 rings (SSSR count). The number of aliphatic hydroxyl groups is 1. The monoisotopic (exact) mass is 358 g/mol. The van der Waals surface area contributed by atoms with Crippen molar-refractivity contribution in [1.82, 2.24) is 9.55 Å². The quantitative estimate of drug-likeness (QED) is 0.577. The lowest BCUT2D eigenvalue weighted by molar-refractivity contribution is 0.112. The van der Waals surface area contributed by atoms with Crippen molar-refractivity contribution in [3.63, 3.8) is 0 Å². The number of methoxy groups -OCH3 is 1. The normalized spacial score (nSPS) is 11.7. The molecule has 0 saturated heterocycles. The number of benzene rings is 3. The average molecular weight is 358 g/mol. The molecule has 27 heavy (non-hydrogen) atoms. The predicted molar refractivity (Wildman–Crippen MR) is 107 cm³/mol. The van der Waals surface area contributed by atoms with Crippen molar-refractivity contribution < 1.29 is 9.84 Å². The maximum Gasteiger partial charge on any atom is 0.173 e. The third kappa shape index (κ3) is 2.78. The molecule has 0 saturated carbocycles. The number of hydrogen-bond donors (Lipinski definition) is 1. The molecule has 0 aliphatic heterocycles. The second-order valence-electron chi connectivity index (χ2n) is 6.48. The molecule has 4 heteroatoms. The fourth-order valence-corrected chi connectivity index (χ4v) is 3.61. The zero-order valence-electron chi connectivity index (χ0n) is 15.5. The SMILES string of the molecule is CCn1c(C(O)(c2ccccc2)c2ccccc2)nc2ccc(OC)cc21. The van der Waals surface area contributed by atoms with Crippen LogP contribution in [-0.4, -0.2) is 21.8 Å². The highest BCUT2D eigenvalue weighted by Crippen LogP contribution is 2.38. The molecule has 1 heterocycles. The summed E-state index contributed by atoms with van der Waals surface area (Å²) in [6.45, 7) is 2.74. The number of rotatable bonds is 5. The van der Waals surface area contributed by atoms with Crippen molar-refractivity contribution in [2.75, 3.05) is 7.11 Å². The standard InChI is InChI=1S/C23H22N2O2/c1-3-25-21-16-19(27-2)14-15-20(21)24-22(25)23(26,17-10-6-4-7-11-17)18-12-8-5-9-13-18/h4-16,26H,3H2,1-2H3. The van der Waals surface area contributed by atoms with Gasteiger partial charge in [-0.2, -0.15) is 0 Å². The van der Waals surface area contributed by atoms with E-state index >= 15 is 0 Å². The molecule has 0 radical (unpaired) electrons. The Hall–Kier alpha value is -3.11. The van der Waals surface area contributed by atoms with Crippen molar-refractivity contribution in [3.8, 4) is 5.75 Å². The van der Waals surface area contributed by atoms with Gasteiger partial charge in [0.2, 0.25) is 0 Å². The van der Waals surface area contributed by atoms with Crippen LogP contribution in [0.1, 0.15) is 23.9 Å². The van der Waals surface area contributed by atoms with Gasteiger partial charge in [-0.3, -0.25) is 0 Å². The van der Waals surface area contributed by atoms with Gasteiger partial charge in [-0.15, -0.1) is 0 Å². The first-order chi connectivity index (χ1) is 13.2. The molecule has 0 amide bonds. The van der Waals surface area contributed by atoms with Crippen LogP contribution in [0.25, 0.3) is 11.0 Å². The van der Waals surface area contributed by atoms with Gasteiger partial charge >= 0.3 is 0 Å². The van der Waals surface area contributed by atoms with E-state index in [0.29, 0.717) is 12.4 Å². The zero-order chi connectivity index (χ0) is 18.9. The fourth-order valence-electron chi connectivity index (χ4n) is 3.61. The van der Waals surface area contributed by atoms with Crippen LogP contribution in [-0.2, 0) is 12.1 Å². The van der Waals surface area contributed by atoms with Crippen LogP contribution < -0.4 is 4.74 Å². The minimum absolute atomic E-state index is 0.602. The summed E-state index contributed by atoms with van der Waals surface area (Å²) in [6, 6.07) is 25.2. The number of aromatic nitrogens is 2. The van der Waals surface area contributed by atoms with Crippen molar-refractivity contribution >= 4 is 11.0 Å². The van der Waals surface area contributed by atoms with Crippen LogP contribution in [0.5, 0.6) is 5.75 Å². The summed E-state index contributed by atoms with van der Waals surface area (Å²) in [4.78, 5) is 4.84. The maximum atomic E-state index is 12.1. The molecular weight excluding hydrogens is 336 g/mol. The molecule has 0 unspecified atom stereocenters. The highest BCUT2D eigenvalue weighted by molar-refractivity contribution is 5.78. The number of imidazole rings is 1. The second-order valence-corrected chi connectivity index (χ2v) is 6.48. The molecule has 0 aliphatic carbocycles. The lowest BCUT2D eigenvalue weighted by Crippen LogP contribution is -2.32. The summed E-state index contributed by atoms with van der Waals surface area (Å²) in [5, 5.41) is 12.1. The Morgan fingerprint density at radius 1 is 0.926 bits per heavy atom. The minimum atomic E-state index is -1.36. The van der Waals surface area contributed by atoms with Crippen LogP contribution in [0.2, 0.25) is 0 Å². The minimum Gasteiger partial charge on any atom is -0.497 e. The van der Waals surface area contributed by atoms with Crippen LogP contribution in [0, 0.1) is 0 Å². The Labute approximate surface area is 158 Å². The number of ether oxygens (including phenoxy) is 1. The highest BCUT2D eigenvalue weighted by atomic mass is 16.5. The molecule has 0 atom stereocenters. The zero-order valence-corrected chi connectivity index (χ0v) is 15.5. The first-order valence-corrected chi connectivity index (χ1v) is 9.06.